The molecule has 0 saturated carbocycles. The van der Waals surface area contributed by atoms with Crippen LogP contribution in [-0.2, 0) is 20.9 Å². The standard InChI is InChI=1S/C24H25N3O3/c1-18(24(29)26(2)3)30-22(28)15-14-21-17-27(16-19-10-6-4-7-11-19)25-23(21)20-12-8-5-9-13-20/h4-15,17-18H,16H2,1-3H3/b15-14+/t18-/m1/s1. The van der Waals surface area contributed by atoms with Crippen molar-refractivity contribution in [2.45, 2.75) is 19.6 Å². The maximum atomic E-state index is 12.2. The lowest BCUT2D eigenvalue weighted by Crippen LogP contribution is -2.34. The van der Waals surface area contributed by atoms with Crippen molar-refractivity contribution < 1.29 is 14.3 Å². The molecule has 0 fully saturated rings. The van der Waals surface area contributed by atoms with Crippen molar-refractivity contribution in [2.75, 3.05) is 14.1 Å². The van der Waals surface area contributed by atoms with Crippen LogP contribution in [0, 0.1) is 0 Å². The topological polar surface area (TPSA) is 64.4 Å². The third-order valence-electron chi connectivity index (χ3n) is 4.51. The van der Waals surface area contributed by atoms with Gasteiger partial charge in [-0.1, -0.05) is 60.7 Å². The number of likely N-dealkylation sites (N-methyl/N-ethyl adjacent to an activating group) is 1. The molecule has 0 spiro atoms. The van der Waals surface area contributed by atoms with Gasteiger partial charge < -0.3 is 9.64 Å². The SMILES string of the molecule is C[C@@H](OC(=O)/C=C/c1cn(Cc2ccccc2)nc1-c1ccccc1)C(=O)N(C)C. The van der Waals surface area contributed by atoms with Gasteiger partial charge in [-0.25, -0.2) is 4.79 Å². The number of esters is 1. The fourth-order valence-corrected chi connectivity index (χ4v) is 3.02. The number of amides is 1. The average molecular weight is 403 g/mol. The highest BCUT2D eigenvalue weighted by Crippen LogP contribution is 2.23. The number of hydrogen-bond acceptors (Lipinski definition) is 4. The highest BCUT2D eigenvalue weighted by Gasteiger charge is 2.18. The van der Waals surface area contributed by atoms with E-state index in [9.17, 15) is 9.59 Å². The van der Waals surface area contributed by atoms with Crippen molar-refractivity contribution in [2.24, 2.45) is 0 Å². The van der Waals surface area contributed by atoms with Crippen LogP contribution < -0.4 is 0 Å². The van der Waals surface area contributed by atoms with Gasteiger partial charge in [0.1, 0.15) is 0 Å². The van der Waals surface area contributed by atoms with E-state index in [1.165, 1.54) is 11.0 Å². The molecular formula is C24H25N3O3. The van der Waals surface area contributed by atoms with Gasteiger partial charge >= 0.3 is 5.97 Å². The summed E-state index contributed by atoms with van der Waals surface area (Å²) in [5.74, 6) is -0.843. The number of ether oxygens (including phenoxy) is 1. The van der Waals surface area contributed by atoms with Gasteiger partial charge in [-0.2, -0.15) is 5.10 Å². The Kier molecular flexibility index (Phi) is 6.80. The van der Waals surface area contributed by atoms with Crippen LogP contribution in [-0.4, -0.2) is 46.8 Å². The molecule has 0 N–H and O–H groups in total. The van der Waals surface area contributed by atoms with Gasteiger partial charge in [0, 0.05) is 37.5 Å². The minimum Gasteiger partial charge on any atom is -0.449 e. The van der Waals surface area contributed by atoms with Gasteiger partial charge in [0.15, 0.2) is 6.10 Å². The van der Waals surface area contributed by atoms with Gasteiger partial charge in [-0.05, 0) is 18.6 Å². The molecule has 0 radical (unpaired) electrons. The quantitative estimate of drug-likeness (QED) is 0.446. The zero-order valence-electron chi connectivity index (χ0n) is 17.4. The van der Waals surface area contributed by atoms with Crippen LogP contribution in [0.15, 0.2) is 72.9 Å². The number of nitrogens with zero attached hydrogens (tertiary/aromatic N) is 3. The molecule has 0 saturated heterocycles. The predicted molar refractivity (Wildman–Crippen MR) is 116 cm³/mol. The molecule has 1 heterocycles. The highest BCUT2D eigenvalue weighted by atomic mass is 16.5. The molecule has 0 aliphatic rings. The molecule has 1 aromatic heterocycles. The van der Waals surface area contributed by atoms with Crippen LogP contribution in [0.25, 0.3) is 17.3 Å². The maximum Gasteiger partial charge on any atom is 0.331 e. The van der Waals surface area contributed by atoms with E-state index in [1.807, 2.05) is 71.5 Å². The Bertz CT molecular complexity index is 1020. The second-order valence-corrected chi connectivity index (χ2v) is 7.13. The molecule has 0 unspecified atom stereocenters. The van der Waals surface area contributed by atoms with Crippen LogP contribution in [0.3, 0.4) is 0 Å². The first-order valence-electron chi connectivity index (χ1n) is 9.70. The van der Waals surface area contributed by atoms with Gasteiger partial charge in [0.25, 0.3) is 5.91 Å². The first-order chi connectivity index (χ1) is 14.4. The van der Waals surface area contributed by atoms with Gasteiger partial charge in [0.2, 0.25) is 0 Å². The molecule has 3 aromatic rings. The predicted octanol–water partition coefficient (Wildman–Crippen LogP) is 3.63. The minimum atomic E-state index is -0.841. The molecule has 6 heteroatoms. The summed E-state index contributed by atoms with van der Waals surface area (Å²) in [6.45, 7) is 2.18. The molecule has 0 aliphatic carbocycles. The Hall–Kier alpha value is -3.67. The number of hydrogen-bond donors (Lipinski definition) is 0. The van der Waals surface area contributed by atoms with Crippen molar-refractivity contribution in [3.05, 3.63) is 84.1 Å². The molecule has 0 aliphatic heterocycles. The van der Waals surface area contributed by atoms with Crippen molar-refractivity contribution in [3.63, 3.8) is 0 Å². The summed E-state index contributed by atoms with van der Waals surface area (Å²) in [4.78, 5) is 25.5. The van der Waals surface area contributed by atoms with E-state index >= 15 is 0 Å². The molecule has 2 aromatic carbocycles. The van der Waals surface area contributed by atoms with Crippen LogP contribution in [0.1, 0.15) is 18.1 Å². The summed E-state index contributed by atoms with van der Waals surface area (Å²) in [7, 11) is 3.24. The number of carbonyl (C=O) groups excluding carboxylic acids is 2. The van der Waals surface area contributed by atoms with Crippen molar-refractivity contribution in [1.29, 1.82) is 0 Å². The van der Waals surface area contributed by atoms with Crippen molar-refractivity contribution in [3.8, 4) is 11.3 Å². The lowest BCUT2D eigenvalue weighted by molar-refractivity contribution is -0.153. The van der Waals surface area contributed by atoms with E-state index in [2.05, 4.69) is 0 Å². The van der Waals surface area contributed by atoms with E-state index in [-0.39, 0.29) is 5.91 Å². The summed E-state index contributed by atoms with van der Waals surface area (Å²) >= 11 is 0. The smallest absolute Gasteiger partial charge is 0.331 e. The number of aromatic nitrogens is 2. The number of benzene rings is 2. The second-order valence-electron chi connectivity index (χ2n) is 7.13. The molecule has 1 amide bonds. The Morgan fingerprint density at radius 1 is 1.07 bits per heavy atom. The maximum absolute atomic E-state index is 12.2. The third-order valence-corrected chi connectivity index (χ3v) is 4.51. The molecule has 3 rings (SSSR count). The first kappa shape index (κ1) is 21.0. The molecule has 0 bridgehead atoms. The first-order valence-corrected chi connectivity index (χ1v) is 9.70. The van der Waals surface area contributed by atoms with Crippen LogP contribution >= 0.6 is 0 Å². The molecule has 1 atom stereocenters. The van der Waals surface area contributed by atoms with E-state index in [4.69, 9.17) is 9.84 Å². The molecule has 154 valence electrons. The van der Waals surface area contributed by atoms with E-state index in [1.54, 1.807) is 27.1 Å². The molecule has 30 heavy (non-hydrogen) atoms. The second kappa shape index (κ2) is 9.69. The summed E-state index contributed by atoms with van der Waals surface area (Å²) in [5.41, 5.74) is 3.65. The van der Waals surface area contributed by atoms with Gasteiger partial charge in [-0.15, -0.1) is 0 Å². The highest BCUT2D eigenvalue weighted by molar-refractivity contribution is 5.91. The number of carbonyl (C=O) groups is 2. The number of rotatable bonds is 7. The normalized spacial score (nSPS) is 12.0. The van der Waals surface area contributed by atoms with Crippen LogP contribution in [0.4, 0.5) is 0 Å². The van der Waals surface area contributed by atoms with Gasteiger partial charge in [-0.3, -0.25) is 9.48 Å². The van der Waals surface area contributed by atoms with Crippen LogP contribution in [0.5, 0.6) is 0 Å². The molecule has 6 nitrogen and oxygen atoms in total. The van der Waals surface area contributed by atoms with E-state index < -0.39 is 12.1 Å². The zero-order chi connectivity index (χ0) is 21.5. The lowest BCUT2D eigenvalue weighted by Gasteiger charge is -2.16. The lowest BCUT2D eigenvalue weighted by atomic mass is 10.1. The summed E-state index contributed by atoms with van der Waals surface area (Å²) in [5, 5.41) is 4.72. The summed E-state index contributed by atoms with van der Waals surface area (Å²) in [6.07, 6.45) is 4.06. The third kappa shape index (κ3) is 5.44. The molecular weight excluding hydrogens is 378 g/mol. The fourth-order valence-electron chi connectivity index (χ4n) is 3.02. The summed E-state index contributed by atoms with van der Waals surface area (Å²) < 4.78 is 7.05. The fraction of sp³-hybridized carbons (Fsp3) is 0.208. The average Bonchev–Trinajstić information content (AvgIpc) is 3.15. The van der Waals surface area contributed by atoms with Crippen molar-refractivity contribution >= 4 is 18.0 Å². The van der Waals surface area contributed by atoms with Crippen LogP contribution in [0.2, 0.25) is 0 Å². The zero-order valence-corrected chi connectivity index (χ0v) is 17.4. The minimum absolute atomic E-state index is 0.266. The Morgan fingerprint density at radius 3 is 2.33 bits per heavy atom. The van der Waals surface area contributed by atoms with E-state index in [0.29, 0.717) is 6.54 Å². The monoisotopic (exact) mass is 403 g/mol. The Balaban J connectivity index is 1.82. The Morgan fingerprint density at radius 2 is 1.70 bits per heavy atom. The Labute approximate surface area is 176 Å². The van der Waals surface area contributed by atoms with Gasteiger partial charge in [0.05, 0.1) is 12.2 Å². The summed E-state index contributed by atoms with van der Waals surface area (Å²) in [6, 6.07) is 19.8. The largest absolute Gasteiger partial charge is 0.449 e. The van der Waals surface area contributed by atoms with Crippen molar-refractivity contribution in [1.82, 2.24) is 14.7 Å². The van der Waals surface area contributed by atoms with E-state index in [0.717, 1.165) is 22.4 Å².